The molecule has 2 atom stereocenters. The molecule has 46 heteroatoms. The van der Waals surface area contributed by atoms with Crippen molar-refractivity contribution in [2.45, 2.75) is 170 Å². The summed E-state index contributed by atoms with van der Waals surface area (Å²) in [5, 5.41) is 0. The minimum Gasteiger partial charge on any atom is -0.478 e. The molecule has 0 unspecified atom stereocenters. The Morgan fingerprint density at radius 3 is 0.670 bits per heavy atom. The van der Waals surface area contributed by atoms with Crippen LogP contribution in [0.25, 0.3) is 0 Å². The molecule has 0 saturated carbocycles. The summed E-state index contributed by atoms with van der Waals surface area (Å²) in [7, 11) is 0. The van der Waals surface area contributed by atoms with Gasteiger partial charge in [0.2, 0.25) is 0 Å². The summed E-state index contributed by atoms with van der Waals surface area (Å²) in [5.41, 5.74) is -3.79. The molecule has 524 valence electrons. The molecule has 91 heavy (non-hydrogen) atoms. The molecule has 0 amide bonds. The number of hydrogen-bond donors (Lipinski definition) is 0. The smallest absolute Gasteiger partial charge is 0.460 e. The number of ether oxygens (including phenoxy) is 2. The minimum absolute atomic E-state index is 0.137. The fourth-order valence-corrected chi connectivity index (χ4v) is 8.33. The second kappa shape index (κ2) is 22.8. The minimum atomic E-state index is -9.63. The Morgan fingerprint density at radius 2 is 0.462 bits per heavy atom. The second-order valence-corrected chi connectivity index (χ2v) is 19.7. The Bertz CT molecular complexity index is 2730. The quantitative estimate of drug-likeness (QED) is 0.0797. The van der Waals surface area contributed by atoms with Crippen LogP contribution in [0, 0.1) is 5.41 Å². The fourth-order valence-electron chi connectivity index (χ4n) is 8.33. The Morgan fingerprint density at radius 1 is 0.264 bits per heavy atom. The first-order valence-corrected chi connectivity index (χ1v) is 23.5. The molecule has 2 aromatic rings. The van der Waals surface area contributed by atoms with Crippen molar-refractivity contribution in [2.24, 2.45) is 15.4 Å². The molecular weight excluding hydrogens is 1400 g/mol. The molecule has 0 bridgehead atoms. The summed E-state index contributed by atoms with van der Waals surface area (Å²) < 4.78 is 606. The predicted molar refractivity (Wildman–Crippen MR) is 216 cm³/mol. The number of benzene rings is 2. The predicted octanol–water partition coefficient (Wildman–Crippen LogP) is 19.2. The van der Waals surface area contributed by atoms with Crippen LogP contribution in [-0.2, 0) is 9.47 Å². The standard InChI is InChI=1S/C45H28F42N2O2/c46-26(47,28(50,51)30(54,55)32(58,59)34(62,63)36(66,67)38(70,71)40(74,75)42(78,79)44(82,83)84)15-7-13-25(23-88-21(17-90-23)19-9-3-1-4-10-19,24-89-22(18-91-24)20-11-5-2-6-12-20)14-8-16-27(48,49)29(52,53)31(56,57)33(60,61)35(64,65)37(68,69)39(72,73)41(76,77)43(80,81)45(85,86)87/h1-6,9-12,21-22H,7-8,13-18H2/t21-,22-/m0/s1. The Balaban J connectivity index is 1.88. The number of nitrogens with zero attached hydrogens (tertiary/aromatic N) is 2. The molecule has 0 spiro atoms. The first-order valence-electron chi connectivity index (χ1n) is 23.5. The molecule has 2 heterocycles. The monoisotopic (exact) mass is 1430 g/mol. The molecule has 0 aromatic heterocycles. The van der Waals surface area contributed by atoms with E-state index in [4.69, 9.17) is 9.47 Å². The van der Waals surface area contributed by atoms with Gasteiger partial charge in [-0.25, -0.2) is 9.98 Å². The Labute approximate surface area is 475 Å². The van der Waals surface area contributed by atoms with Gasteiger partial charge in [0, 0.05) is 12.8 Å². The van der Waals surface area contributed by atoms with Crippen LogP contribution in [-0.4, -0.2) is 144 Å². The van der Waals surface area contributed by atoms with Crippen molar-refractivity contribution < 1.29 is 194 Å². The molecule has 0 N–H and O–H groups in total. The van der Waals surface area contributed by atoms with Gasteiger partial charge in [0.15, 0.2) is 11.8 Å². The summed E-state index contributed by atoms with van der Waals surface area (Å²) in [5.74, 6) is -166. The maximum atomic E-state index is 15.5. The van der Waals surface area contributed by atoms with Crippen LogP contribution in [0.2, 0.25) is 0 Å². The highest BCUT2D eigenvalue weighted by molar-refractivity contribution is 6.06. The van der Waals surface area contributed by atoms with Gasteiger partial charge in [-0.1, -0.05) is 60.7 Å². The van der Waals surface area contributed by atoms with E-state index in [1.54, 1.807) is 0 Å². The van der Waals surface area contributed by atoms with Crippen LogP contribution in [0.3, 0.4) is 0 Å². The largest absolute Gasteiger partial charge is 0.478 e. The summed E-state index contributed by atoms with van der Waals surface area (Å²) in [4.78, 5) is 7.68. The van der Waals surface area contributed by atoms with E-state index in [1.807, 2.05) is 0 Å². The van der Waals surface area contributed by atoms with Gasteiger partial charge in [-0.2, -0.15) is 184 Å². The van der Waals surface area contributed by atoms with Gasteiger partial charge in [-0.3, -0.25) is 0 Å². The molecule has 0 saturated heterocycles. The van der Waals surface area contributed by atoms with Crippen LogP contribution in [0.4, 0.5) is 184 Å². The Kier molecular flexibility index (Phi) is 19.5. The number of aliphatic imine (C=N–C) groups is 2. The van der Waals surface area contributed by atoms with Crippen molar-refractivity contribution in [3.05, 3.63) is 71.8 Å². The van der Waals surface area contributed by atoms with Crippen LogP contribution >= 0.6 is 0 Å². The van der Waals surface area contributed by atoms with E-state index in [0.717, 1.165) is 48.5 Å². The highest BCUT2D eigenvalue weighted by Gasteiger charge is 3.00. The zero-order chi connectivity index (χ0) is 71.5. The topological polar surface area (TPSA) is 43.2 Å². The highest BCUT2D eigenvalue weighted by atomic mass is 19.5. The van der Waals surface area contributed by atoms with Crippen molar-refractivity contribution in [3.63, 3.8) is 0 Å². The van der Waals surface area contributed by atoms with Gasteiger partial charge in [-0.05, 0) is 36.8 Å². The molecule has 2 aromatic carbocycles. The average molecular weight is 1430 g/mol. The van der Waals surface area contributed by atoms with E-state index >= 15 is 35.1 Å². The van der Waals surface area contributed by atoms with Crippen LogP contribution in [0.5, 0.6) is 0 Å². The fraction of sp³-hybridized carbons (Fsp3) is 0.689. The Hall–Kier alpha value is -5.56. The molecule has 4 nitrogen and oxygen atoms in total. The lowest BCUT2D eigenvalue weighted by molar-refractivity contribution is -0.474. The summed E-state index contributed by atoms with van der Waals surface area (Å²) in [6.07, 6.45) is -33.1. The molecule has 4 rings (SSSR count). The number of rotatable bonds is 28. The zero-order valence-corrected chi connectivity index (χ0v) is 42.7. The third-order valence-corrected chi connectivity index (χ3v) is 13.8. The molecule has 2 aliphatic heterocycles. The van der Waals surface area contributed by atoms with Crippen LogP contribution < -0.4 is 0 Å². The van der Waals surface area contributed by atoms with Crippen molar-refractivity contribution in [2.75, 3.05) is 13.2 Å². The summed E-state index contributed by atoms with van der Waals surface area (Å²) in [6.45, 7) is -2.09. The summed E-state index contributed by atoms with van der Waals surface area (Å²) in [6, 6.07) is 8.00. The van der Waals surface area contributed by atoms with E-state index in [9.17, 15) is 149 Å². The third kappa shape index (κ3) is 11.2. The SMILES string of the molecule is FC(F)(F)C(F)(F)C(F)(F)C(F)(F)C(F)(F)C(F)(F)C(F)(F)C(F)(F)C(F)(F)C(F)(F)CCCC(CCCC(F)(F)C(F)(F)C(F)(F)C(F)(F)C(F)(F)C(F)(F)C(F)(F)C(F)(F)C(F)(F)C(F)(F)F)(C1=N[C@H](c2ccccc2)CO1)C1=N[C@H](c2ccccc2)CO1. The van der Waals surface area contributed by atoms with Crippen molar-refractivity contribution >= 4 is 11.8 Å². The average Bonchev–Trinajstić information content (AvgIpc) is 0.967. The number of hydrogen-bond acceptors (Lipinski definition) is 4. The van der Waals surface area contributed by atoms with Gasteiger partial charge < -0.3 is 9.47 Å². The molecule has 0 radical (unpaired) electrons. The van der Waals surface area contributed by atoms with E-state index in [1.165, 1.54) is 12.1 Å². The van der Waals surface area contributed by atoms with Crippen molar-refractivity contribution in [3.8, 4) is 0 Å². The number of alkyl halides is 42. The zero-order valence-electron chi connectivity index (χ0n) is 42.7. The lowest BCUT2D eigenvalue weighted by Crippen LogP contribution is -2.76. The molecule has 0 fully saturated rings. The van der Waals surface area contributed by atoms with Gasteiger partial charge >= 0.3 is 119 Å². The van der Waals surface area contributed by atoms with Crippen LogP contribution in [0.1, 0.15) is 61.7 Å². The second-order valence-electron chi connectivity index (χ2n) is 19.7. The summed E-state index contributed by atoms with van der Waals surface area (Å²) >= 11 is 0. The van der Waals surface area contributed by atoms with Gasteiger partial charge in [0.05, 0.1) is 0 Å². The van der Waals surface area contributed by atoms with E-state index in [2.05, 4.69) is 9.98 Å². The molecular formula is C45H28F42N2O2. The number of halogens is 42. The van der Waals surface area contributed by atoms with Crippen molar-refractivity contribution in [1.29, 1.82) is 0 Å². The van der Waals surface area contributed by atoms with Gasteiger partial charge in [-0.15, -0.1) is 0 Å². The third-order valence-electron chi connectivity index (χ3n) is 13.8. The first-order chi connectivity index (χ1) is 40.1. The van der Waals surface area contributed by atoms with Crippen molar-refractivity contribution in [1.82, 2.24) is 0 Å². The normalized spacial score (nSPS) is 18.9. The maximum absolute atomic E-state index is 15.5. The van der Waals surface area contributed by atoms with Crippen LogP contribution in [0.15, 0.2) is 70.6 Å². The highest BCUT2D eigenvalue weighted by Crippen LogP contribution is 2.69. The van der Waals surface area contributed by atoms with E-state index < -0.39 is 200 Å². The first kappa shape index (κ1) is 77.9. The lowest BCUT2D eigenvalue weighted by Gasteiger charge is -2.44. The molecule has 0 aliphatic carbocycles. The van der Waals surface area contributed by atoms with E-state index in [-0.39, 0.29) is 11.1 Å². The lowest BCUT2D eigenvalue weighted by atomic mass is 9.76. The van der Waals surface area contributed by atoms with E-state index in [0.29, 0.717) is 0 Å². The molecule has 2 aliphatic rings. The maximum Gasteiger partial charge on any atom is 0.460 e. The van der Waals surface area contributed by atoms with Gasteiger partial charge in [0.25, 0.3) is 0 Å². The van der Waals surface area contributed by atoms with Gasteiger partial charge in [0.1, 0.15) is 30.7 Å².